The Morgan fingerprint density at radius 3 is 2.83 bits per heavy atom. The maximum atomic E-state index is 11.2. The van der Waals surface area contributed by atoms with Crippen molar-refractivity contribution in [2.75, 3.05) is 0 Å². The first kappa shape index (κ1) is 9.54. The Labute approximate surface area is 80.2 Å². The molecular formula is C7H9NO2S2. The third kappa shape index (κ3) is 2.22. The SMILES string of the molecule is CC(C)OC(=O)c1ncsc1S. The highest BCUT2D eigenvalue weighted by molar-refractivity contribution is 7.82. The number of hydrogen-bond acceptors (Lipinski definition) is 5. The van der Waals surface area contributed by atoms with Crippen LogP contribution >= 0.6 is 24.0 Å². The quantitative estimate of drug-likeness (QED) is 0.590. The Balaban J connectivity index is 2.72. The van der Waals surface area contributed by atoms with E-state index in [0.29, 0.717) is 9.90 Å². The van der Waals surface area contributed by atoms with Crippen molar-refractivity contribution in [1.82, 2.24) is 4.98 Å². The zero-order chi connectivity index (χ0) is 9.14. The van der Waals surface area contributed by atoms with E-state index >= 15 is 0 Å². The second-order valence-corrected chi connectivity index (χ2v) is 4.06. The summed E-state index contributed by atoms with van der Waals surface area (Å²) >= 11 is 5.38. The van der Waals surface area contributed by atoms with E-state index in [1.165, 1.54) is 11.3 Å². The summed E-state index contributed by atoms with van der Waals surface area (Å²) in [5.41, 5.74) is 1.87. The van der Waals surface area contributed by atoms with Crippen molar-refractivity contribution in [2.45, 2.75) is 24.2 Å². The van der Waals surface area contributed by atoms with Crippen LogP contribution < -0.4 is 0 Å². The first-order valence-corrected chi connectivity index (χ1v) is 4.77. The van der Waals surface area contributed by atoms with Crippen molar-refractivity contribution in [2.24, 2.45) is 0 Å². The van der Waals surface area contributed by atoms with Crippen molar-refractivity contribution in [1.29, 1.82) is 0 Å². The van der Waals surface area contributed by atoms with E-state index in [1.807, 2.05) is 0 Å². The monoisotopic (exact) mass is 203 g/mol. The van der Waals surface area contributed by atoms with Gasteiger partial charge < -0.3 is 4.74 Å². The standard InChI is InChI=1S/C7H9NO2S2/c1-4(2)10-6(9)5-7(11)12-3-8-5/h3-4,11H,1-2H3. The molecule has 1 heterocycles. The lowest BCUT2D eigenvalue weighted by Crippen LogP contribution is -2.12. The van der Waals surface area contributed by atoms with Gasteiger partial charge in [-0.25, -0.2) is 9.78 Å². The maximum absolute atomic E-state index is 11.2. The van der Waals surface area contributed by atoms with Gasteiger partial charge in [-0.3, -0.25) is 0 Å². The van der Waals surface area contributed by atoms with Crippen LogP contribution in [0.1, 0.15) is 24.3 Å². The van der Waals surface area contributed by atoms with E-state index in [0.717, 1.165) is 0 Å². The number of thiazole rings is 1. The molecule has 0 bridgehead atoms. The third-order valence-electron chi connectivity index (χ3n) is 1.08. The molecule has 0 unspecified atom stereocenters. The molecule has 66 valence electrons. The van der Waals surface area contributed by atoms with Gasteiger partial charge in [-0.15, -0.1) is 24.0 Å². The summed E-state index contributed by atoms with van der Waals surface area (Å²) in [7, 11) is 0. The number of esters is 1. The van der Waals surface area contributed by atoms with Crippen molar-refractivity contribution in [3.63, 3.8) is 0 Å². The minimum atomic E-state index is -0.406. The minimum absolute atomic E-state index is 0.119. The number of carbonyl (C=O) groups is 1. The Kier molecular flexibility index (Phi) is 3.11. The highest BCUT2D eigenvalue weighted by Gasteiger charge is 2.14. The van der Waals surface area contributed by atoms with Crippen LogP contribution in [0.3, 0.4) is 0 Å². The number of ether oxygens (including phenoxy) is 1. The summed E-state index contributed by atoms with van der Waals surface area (Å²) in [6.07, 6.45) is -0.119. The highest BCUT2D eigenvalue weighted by atomic mass is 32.2. The second-order valence-electron chi connectivity index (χ2n) is 2.46. The van der Waals surface area contributed by atoms with Crippen LogP contribution in [-0.2, 0) is 4.74 Å². The molecule has 0 N–H and O–H groups in total. The van der Waals surface area contributed by atoms with Gasteiger partial charge in [-0.05, 0) is 13.8 Å². The highest BCUT2D eigenvalue weighted by Crippen LogP contribution is 2.18. The first-order valence-electron chi connectivity index (χ1n) is 3.44. The number of hydrogen-bond donors (Lipinski definition) is 1. The van der Waals surface area contributed by atoms with Crippen LogP contribution in [0.25, 0.3) is 0 Å². The van der Waals surface area contributed by atoms with Crippen LogP contribution in [-0.4, -0.2) is 17.1 Å². The minimum Gasteiger partial charge on any atom is -0.458 e. The average Bonchev–Trinajstić information content (AvgIpc) is 2.33. The lowest BCUT2D eigenvalue weighted by atomic mass is 10.4. The molecule has 0 radical (unpaired) electrons. The normalized spacial score (nSPS) is 10.3. The molecule has 1 aromatic heterocycles. The second kappa shape index (κ2) is 3.91. The lowest BCUT2D eigenvalue weighted by Gasteiger charge is -2.05. The molecule has 0 aromatic carbocycles. The number of rotatable bonds is 2. The van der Waals surface area contributed by atoms with Gasteiger partial charge in [0.05, 0.1) is 15.8 Å². The summed E-state index contributed by atoms with van der Waals surface area (Å²) in [6, 6.07) is 0. The van der Waals surface area contributed by atoms with Crippen LogP contribution in [0.5, 0.6) is 0 Å². The zero-order valence-electron chi connectivity index (χ0n) is 6.77. The number of nitrogens with zero attached hydrogens (tertiary/aromatic N) is 1. The van der Waals surface area contributed by atoms with Crippen LogP contribution in [0.2, 0.25) is 0 Å². The van der Waals surface area contributed by atoms with Crippen molar-refractivity contribution < 1.29 is 9.53 Å². The summed E-state index contributed by atoms with van der Waals surface area (Å²) in [5, 5.41) is 0. The van der Waals surface area contributed by atoms with Gasteiger partial charge in [-0.1, -0.05) is 0 Å². The molecule has 0 saturated heterocycles. The van der Waals surface area contributed by atoms with Gasteiger partial charge in [0.15, 0.2) is 5.69 Å². The molecule has 1 rings (SSSR count). The molecule has 1 aromatic rings. The molecular weight excluding hydrogens is 194 g/mol. The molecule has 0 aliphatic carbocycles. The summed E-state index contributed by atoms with van der Waals surface area (Å²) in [5.74, 6) is -0.406. The molecule has 0 amide bonds. The van der Waals surface area contributed by atoms with Gasteiger partial charge in [-0.2, -0.15) is 0 Å². The number of carbonyl (C=O) groups excluding carboxylic acids is 1. The smallest absolute Gasteiger partial charge is 0.359 e. The molecule has 0 spiro atoms. The zero-order valence-corrected chi connectivity index (χ0v) is 8.48. The fourth-order valence-electron chi connectivity index (χ4n) is 0.650. The fraction of sp³-hybridized carbons (Fsp3) is 0.429. The Morgan fingerprint density at radius 2 is 2.42 bits per heavy atom. The van der Waals surface area contributed by atoms with Gasteiger partial charge in [0.1, 0.15) is 0 Å². The van der Waals surface area contributed by atoms with E-state index in [2.05, 4.69) is 17.6 Å². The molecule has 0 aliphatic rings. The lowest BCUT2D eigenvalue weighted by molar-refractivity contribution is 0.0368. The van der Waals surface area contributed by atoms with Crippen molar-refractivity contribution in [3.05, 3.63) is 11.2 Å². The van der Waals surface area contributed by atoms with Crippen LogP contribution in [0, 0.1) is 0 Å². The van der Waals surface area contributed by atoms with Gasteiger partial charge in [0.2, 0.25) is 0 Å². The maximum Gasteiger partial charge on any atom is 0.359 e. The van der Waals surface area contributed by atoms with Crippen LogP contribution in [0.4, 0.5) is 0 Å². The predicted octanol–water partition coefficient (Wildman–Crippen LogP) is 2.00. The molecule has 12 heavy (non-hydrogen) atoms. The molecule has 0 aliphatic heterocycles. The molecule has 5 heteroatoms. The Morgan fingerprint density at radius 1 is 1.75 bits per heavy atom. The molecule has 0 atom stereocenters. The van der Waals surface area contributed by atoms with E-state index in [4.69, 9.17) is 4.74 Å². The van der Waals surface area contributed by atoms with Crippen molar-refractivity contribution in [3.8, 4) is 0 Å². The summed E-state index contributed by atoms with van der Waals surface area (Å²) < 4.78 is 5.53. The van der Waals surface area contributed by atoms with Crippen LogP contribution in [0.15, 0.2) is 9.72 Å². The van der Waals surface area contributed by atoms with Gasteiger partial charge in [0.25, 0.3) is 0 Å². The third-order valence-corrected chi connectivity index (χ3v) is 2.24. The van der Waals surface area contributed by atoms with E-state index < -0.39 is 5.97 Å². The number of aromatic nitrogens is 1. The topological polar surface area (TPSA) is 39.2 Å². The molecule has 0 saturated carbocycles. The number of thiol groups is 1. The fourth-order valence-corrected chi connectivity index (χ4v) is 1.45. The summed E-state index contributed by atoms with van der Waals surface area (Å²) in [4.78, 5) is 15.0. The predicted molar refractivity (Wildman–Crippen MR) is 49.9 cm³/mol. The molecule has 0 fully saturated rings. The van der Waals surface area contributed by atoms with Gasteiger partial charge in [0, 0.05) is 0 Å². The Bertz CT molecular complexity index is 283. The Hall–Kier alpha value is -0.550. The van der Waals surface area contributed by atoms with Gasteiger partial charge >= 0.3 is 5.97 Å². The molecule has 3 nitrogen and oxygen atoms in total. The first-order chi connectivity index (χ1) is 5.61. The largest absolute Gasteiger partial charge is 0.458 e. The van der Waals surface area contributed by atoms with E-state index in [-0.39, 0.29) is 6.10 Å². The van der Waals surface area contributed by atoms with E-state index in [1.54, 1.807) is 19.4 Å². The average molecular weight is 203 g/mol. The van der Waals surface area contributed by atoms with Crippen molar-refractivity contribution >= 4 is 29.9 Å². The van der Waals surface area contributed by atoms with E-state index in [9.17, 15) is 4.79 Å². The summed E-state index contributed by atoms with van der Waals surface area (Å²) in [6.45, 7) is 3.59.